The first-order chi connectivity index (χ1) is 12.3. The lowest BCUT2D eigenvalue weighted by Crippen LogP contribution is -2.42. The summed E-state index contributed by atoms with van der Waals surface area (Å²) in [6.07, 6.45) is 6.59. The number of esters is 1. The highest BCUT2D eigenvalue weighted by Gasteiger charge is 2.24. The lowest BCUT2D eigenvalue weighted by molar-refractivity contribution is -0.139. The Bertz CT molecular complexity index is 672. The van der Waals surface area contributed by atoms with Crippen molar-refractivity contribution in [3.05, 3.63) is 28.3 Å². The van der Waals surface area contributed by atoms with E-state index in [0.717, 1.165) is 35.1 Å². The van der Waals surface area contributed by atoms with Crippen molar-refractivity contribution in [2.75, 3.05) is 19.4 Å². The number of hydrogen-bond donors (Lipinski definition) is 2. The van der Waals surface area contributed by atoms with Crippen molar-refractivity contribution in [2.45, 2.75) is 64.8 Å². The van der Waals surface area contributed by atoms with E-state index in [4.69, 9.17) is 15.6 Å². The van der Waals surface area contributed by atoms with Gasteiger partial charge in [-0.2, -0.15) is 0 Å². The molecule has 1 aliphatic carbocycles. The van der Waals surface area contributed by atoms with Crippen molar-refractivity contribution >= 4 is 22.8 Å². The second-order valence-corrected chi connectivity index (χ2v) is 8.10. The van der Waals surface area contributed by atoms with Crippen LogP contribution in [0.5, 0.6) is 0 Å². The molecule has 0 heterocycles. The topological polar surface area (TPSA) is 98.6 Å². The fraction of sp³-hybridized carbons (Fsp3) is 0.632. The van der Waals surface area contributed by atoms with Gasteiger partial charge in [0.1, 0.15) is 0 Å². The predicted molar refractivity (Wildman–Crippen MR) is 106 cm³/mol. The smallest absolute Gasteiger partial charge is 0.309 e. The summed E-state index contributed by atoms with van der Waals surface area (Å²) >= 11 is -1.48. The molecule has 0 aliphatic heterocycles. The van der Waals surface area contributed by atoms with Crippen molar-refractivity contribution in [3.8, 4) is 0 Å². The summed E-state index contributed by atoms with van der Waals surface area (Å²) in [4.78, 5) is 11.6. The minimum absolute atomic E-state index is 0.217. The van der Waals surface area contributed by atoms with Gasteiger partial charge in [0.25, 0.3) is 0 Å². The molecular weight excluding hydrogens is 350 g/mol. The summed E-state index contributed by atoms with van der Waals surface area (Å²) in [5, 5.41) is 5.75. The fourth-order valence-electron chi connectivity index (χ4n) is 3.82. The zero-order valence-corrected chi connectivity index (χ0v) is 16.9. The van der Waals surface area contributed by atoms with Crippen LogP contribution in [0.2, 0.25) is 0 Å². The van der Waals surface area contributed by atoms with Gasteiger partial charge >= 0.3 is 5.97 Å². The number of nitrogens with two attached hydrogens (primary N) is 2. The largest absolute Gasteiger partial charge is 0.469 e. The van der Waals surface area contributed by atoms with Crippen LogP contribution in [0.4, 0.5) is 5.69 Å². The van der Waals surface area contributed by atoms with Crippen LogP contribution in [-0.4, -0.2) is 34.2 Å². The highest BCUT2D eigenvalue weighted by atomic mass is 32.2. The molecule has 26 heavy (non-hydrogen) atoms. The van der Waals surface area contributed by atoms with Gasteiger partial charge in [-0.15, -0.1) is 0 Å². The number of benzene rings is 1. The summed E-state index contributed by atoms with van der Waals surface area (Å²) in [5.41, 5.74) is 11.0. The van der Waals surface area contributed by atoms with Gasteiger partial charge in [0.2, 0.25) is 0 Å². The van der Waals surface area contributed by atoms with Crippen molar-refractivity contribution < 1.29 is 13.7 Å². The molecule has 1 unspecified atom stereocenters. The molecule has 146 valence electrons. The van der Waals surface area contributed by atoms with Gasteiger partial charge in [-0.1, -0.05) is 25.3 Å². The summed E-state index contributed by atoms with van der Waals surface area (Å²) < 4.78 is 18.7. The summed E-state index contributed by atoms with van der Waals surface area (Å²) in [6, 6.07) is 2.29. The van der Waals surface area contributed by atoms with Crippen LogP contribution in [0.25, 0.3) is 0 Å². The standard InChI is InChI=1S/C19H31N3O3S/c1-13-11-15(12-18(23)25-3)14(2)19(20)17(13)9-10-22(26(21)24)16-7-5-4-6-8-16/h11,16H,4-10,12,20-21H2,1-3H3. The lowest BCUT2D eigenvalue weighted by Gasteiger charge is -2.32. The normalized spacial score (nSPS) is 16.7. The molecule has 6 nitrogen and oxygen atoms in total. The number of carbonyl (C=O) groups excluding carboxylic acids is 1. The van der Waals surface area contributed by atoms with Gasteiger partial charge in [-0.3, -0.25) is 4.79 Å². The third kappa shape index (κ3) is 5.05. The van der Waals surface area contributed by atoms with E-state index in [9.17, 15) is 9.00 Å². The Kier molecular flexibility index (Phi) is 7.61. The first-order valence-corrected chi connectivity index (χ1v) is 10.4. The number of carbonyl (C=O) groups is 1. The fourth-order valence-corrected chi connectivity index (χ4v) is 4.60. The Morgan fingerprint density at radius 3 is 2.54 bits per heavy atom. The monoisotopic (exact) mass is 381 g/mol. The first-order valence-electron chi connectivity index (χ1n) is 9.22. The average molecular weight is 382 g/mol. The third-order valence-corrected chi connectivity index (χ3v) is 6.38. The summed E-state index contributed by atoms with van der Waals surface area (Å²) in [6.45, 7) is 4.54. The number of nitrogen functional groups attached to an aromatic ring is 1. The maximum Gasteiger partial charge on any atom is 0.309 e. The zero-order valence-electron chi connectivity index (χ0n) is 16.0. The quantitative estimate of drug-likeness (QED) is 0.559. The zero-order chi connectivity index (χ0) is 19.3. The maximum atomic E-state index is 12.0. The molecule has 4 N–H and O–H groups in total. The van der Waals surface area contributed by atoms with Crippen LogP contribution in [0.1, 0.15) is 54.4 Å². The molecule has 0 saturated heterocycles. The van der Waals surface area contributed by atoms with Crippen LogP contribution in [0.3, 0.4) is 0 Å². The van der Waals surface area contributed by atoms with E-state index in [2.05, 4.69) is 0 Å². The molecule has 7 heteroatoms. The van der Waals surface area contributed by atoms with E-state index in [1.807, 2.05) is 24.2 Å². The molecule has 1 saturated carbocycles. The summed E-state index contributed by atoms with van der Waals surface area (Å²) in [5.74, 6) is -0.276. The van der Waals surface area contributed by atoms with Gasteiger partial charge in [-0.05, 0) is 55.4 Å². The number of hydrogen-bond acceptors (Lipinski definition) is 4. The SMILES string of the molecule is COC(=O)Cc1cc(C)c(CCN(C2CCCCC2)S(N)=O)c(N)c1C. The molecule has 0 spiro atoms. The van der Waals surface area contributed by atoms with Crippen molar-refractivity contribution in [1.29, 1.82) is 0 Å². The first kappa shape index (κ1) is 20.9. The number of nitrogens with zero attached hydrogens (tertiary/aromatic N) is 1. The van der Waals surface area contributed by atoms with Crippen molar-refractivity contribution in [3.63, 3.8) is 0 Å². The molecule has 0 aromatic heterocycles. The average Bonchev–Trinajstić information content (AvgIpc) is 2.62. The van der Waals surface area contributed by atoms with Gasteiger partial charge < -0.3 is 10.5 Å². The number of methoxy groups -OCH3 is 1. The second-order valence-electron chi connectivity index (χ2n) is 7.08. The van der Waals surface area contributed by atoms with Gasteiger partial charge in [0, 0.05) is 18.3 Å². The van der Waals surface area contributed by atoms with E-state index < -0.39 is 11.2 Å². The van der Waals surface area contributed by atoms with Crippen LogP contribution in [-0.2, 0) is 33.5 Å². The molecule has 0 bridgehead atoms. The van der Waals surface area contributed by atoms with Crippen molar-refractivity contribution in [1.82, 2.24) is 4.31 Å². The van der Waals surface area contributed by atoms with Gasteiger partial charge in [0.05, 0.1) is 13.5 Å². The third-order valence-electron chi connectivity index (χ3n) is 5.44. The molecule has 1 atom stereocenters. The molecule has 0 amide bonds. The van der Waals surface area contributed by atoms with Crippen LogP contribution in [0.15, 0.2) is 6.07 Å². The number of ether oxygens (including phenoxy) is 1. The Balaban J connectivity index is 2.16. The van der Waals surface area contributed by atoms with E-state index in [0.29, 0.717) is 18.7 Å². The van der Waals surface area contributed by atoms with E-state index >= 15 is 0 Å². The predicted octanol–water partition coefficient (Wildman–Crippen LogP) is 2.32. The molecule has 1 fully saturated rings. The van der Waals surface area contributed by atoms with Gasteiger partial charge in [0.15, 0.2) is 11.2 Å². The minimum Gasteiger partial charge on any atom is -0.469 e. The number of aryl methyl sites for hydroxylation is 1. The Morgan fingerprint density at radius 2 is 1.96 bits per heavy atom. The minimum atomic E-state index is -1.48. The van der Waals surface area contributed by atoms with Crippen molar-refractivity contribution in [2.24, 2.45) is 5.14 Å². The Labute approximate surface area is 159 Å². The van der Waals surface area contributed by atoms with Gasteiger partial charge in [-0.25, -0.2) is 13.7 Å². The van der Waals surface area contributed by atoms with Crippen LogP contribution >= 0.6 is 0 Å². The highest BCUT2D eigenvalue weighted by Crippen LogP contribution is 2.28. The molecule has 0 radical (unpaired) electrons. The molecule has 2 rings (SSSR count). The summed E-state index contributed by atoms with van der Waals surface area (Å²) in [7, 11) is 1.38. The van der Waals surface area contributed by atoms with Crippen LogP contribution in [0, 0.1) is 13.8 Å². The molecule has 1 aromatic rings. The Morgan fingerprint density at radius 1 is 1.31 bits per heavy atom. The maximum absolute atomic E-state index is 12.0. The van der Waals surface area contributed by atoms with E-state index in [1.165, 1.54) is 26.4 Å². The van der Waals surface area contributed by atoms with E-state index in [-0.39, 0.29) is 18.4 Å². The number of anilines is 1. The van der Waals surface area contributed by atoms with E-state index in [1.54, 1.807) is 0 Å². The second kappa shape index (κ2) is 9.48. The number of rotatable bonds is 7. The lowest BCUT2D eigenvalue weighted by atomic mass is 9.93. The highest BCUT2D eigenvalue weighted by molar-refractivity contribution is 7.80. The molecular formula is C19H31N3O3S. The molecule has 1 aliphatic rings. The van der Waals surface area contributed by atoms with Crippen LogP contribution < -0.4 is 10.9 Å². The molecule has 1 aromatic carbocycles. The Hall–Kier alpha value is -1.44.